The van der Waals surface area contributed by atoms with Crippen molar-refractivity contribution in [2.24, 2.45) is 0 Å². The van der Waals surface area contributed by atoms with E-state index in [0.717, 1.165) is 4.90 Å². The molecule has 10 heteroatoms. The number of alkyl halides is 2. The topological polar surface area (TPSA) is 73.0 Å². The quantitative estimate of drug-likeness (QED) is 0.759. The van der Waals surface area contributed by atoms with E-state index in [1.807, 2.05) is 0 Å². The zero-order valence-corrected chi connectivity index (χ0v) is 13.7. The molecule has 0 aromatic carbocycles. The van der Waals surface area contributed by atoms with Crippen LogP contribution >= 0.6 is 0 Å². The summed E-state index contributed by atoms with van der Waals surface area (Å²) >= 11 is 0. The second-order valence-corrected chi connectivity index (χ2v) is 6.67. The van der Waals surface area contributed by atoms with Crippen LogP contribution in [-0.2, 0) is 17.8 Å². The maximum Gasteiger partial charge on any atom is 0.346 e. The molecule has 0 unspecified atom stereocenters. The van der Waals surface area contributed by atoms with Crippen molar-refractivity contribution < 1.29 is 18.0 Å². The lowest BCUT2D eigenvalue weighted by Gasteiger charge is -2.41. The molecule has 26 heavy (non-hydrogen) atoms. The number of rotatable bonds is 3. The fraction of sp³-hybridized carbons (Fsp3) is 0.500. The summed E-state index contributed by atoms with van der Waals surface area (Å²) < 4.78 is 41.5. The summed E-state index contributed by atoms with van der Waals surface area (Å²) in [5, 5.41) is 4.26. The van der Waals surface area contributed by atoms with Gasteiger partial charge in [-0.3, -0.25) is 9.36 Å². The monoisotopic (exact) mass is 367 g/mol. The number of aryl methyl sites for hydroxylation is 1. The molecule has 0 aliphatic carbocycles. The third-order valence-corrected chi connectivity index (χ3v) is 4.69. The van der Waals surface area contributed by atoms with Crippen LogP contribution in [0.2, 0.25) is 0 Å². The highest BCUT2D eigenvalue weighted by atomic mass is 19.3. The first-order valence-electron chi connectivity index (χ1n) is 8.29. The van der Waals surface area contributed by atoms with Crippen molar-refractivity contribution in [3.8, 4) is 0 Å². The number of halogens is 3. The summed E-state index contributed by atoms with van der Waals surface area (Å²) in [5.74, 6) is -3.48. The first kappa shape index (κ1) is 16.8. The average Bonchev–Trinajstić information content (AvgIpc) is 2.90. The molecule has 2 aliphatic heterocycles. The predicted molar refractivity (Wildman–Crippen MR) is 83.3 cm³/mol. The first-order valence-corrected chi connectivity index (χ1v) is 8.29. The van der Waals surface area contributed by atoms with Crippen molar-refractivity contribution in [2.45, 2.75) is 37.8 Å². The molecule has 0 spiro atoms. The molecule has 0 N–H and O–H groups in total. The van der Waals surface area contributed by atoms with E-state index in [1.54, 1.807) is 0 Å². The molecular weight excluding hydrogens is 351 g/mol. The molecule has 1 fully saturated rings. The van der Waals surface area contributed by atoms with Crippen LogP contribution in [0.4, 0.5) is 13.2 Å². The number of aromatic nitrogens is 4. The van der Waals surface area contributed by atoms with Crippen LogP contribution in [0, 0.1) is 5.95 Å². The number of likely N-dealkylation sites (tertiary alicyclic amines) is 1. The zero-order chi connectivity index (χ0) is 18.5. The minimum atomic E-state index is -2.85. The Kier molecular flexibility index (Phi) is 3.85. The number of carbonyl (C=O) groups excluding carboxylic acids is 1. The van der Waals surface area contributed by atoms with Gasteiger partial charge >= 0.3 is 5.69 Å². The molecule has 1 amide bonds. The predicted octanol–water partition coefficient (Wildman–Crippen LogP) is 0.982. The maximum absolute atomic E-state index is 13.1. The van der Waals surface area contributed by atoms with Gasteiger partial charge in [-0.2, -0.15) is 9.49 Å². The van der Waals surface area contributed by atoms with Crippen LogP contribution in [0.25, 0.3) is 0 Å². The fourth-order valence-corrected chi connectivity index (χ4v) is 3.42. The Balaban J connectivity index is 1.60. The standard InChI is InChI=1S/C16H16F3N5O2/c17-12-5-4-10(6-20-12)7-23-15(26)24-11(2-1-3-13(24)21-23)14(25)22-8-16(18,19)9-22/h4-6,11H,1-3,7-9H2/t11-/m0/s1. The largest absolute Gasteiger partial charge is 0.346 e. The molecule has 7 nitrogen and oxygen atoms in total. The SMILES string of the molecule is O=C([C@@H]1CCCc2nn(Cc3ccc(F)nc3)c(=O)n21)N1CC(F)(F)C1. The molecule has 2 aromatic rings. The van der Waals surface area contributed by atoms with Crippen molar-refractivity contribution in [2.75, 3.05) is 13.1 Å². The highest BCUT2D eigenvalue weighted by Gasteiger charge is 2.48. The zero-order valence-electron chi connectivity index (χ0n) is 13.7. The lowest BCUT2D eigenvalue weighted by molar-refractivity contribution is -0.169. The summed E-state index contributed by atoms with van der Waals surface area (Å²) in [6.45, 7) is -1.13. The van der Waals surface area contributed by atoms with E-state index in [2.05, 4.69) is 10.1 Å². The van der Waals surface area contributed by atoms with Gasteiger partial charge in [0.1, 0.15) is 11.9 Å². The van der Waals surface area contributed by atoms with Gasteiger partial charge in [-0.1, -0.05) is 6.07 Å². The van der Waals surface area contributed by atoms with Crippen LogP contribution in [0.3, 0.4) is 0 Å². The third-order valence-electron chi connectivity index (χ3n) is 4.69. The molecule has 2 aliphatic rings. The van der Waals surface area contributed by atoms with Gasteiger partial charge in [0.15, 0.2) is 0 Å². The molecule has 2 aromatic heterocycles. The van der Waals surface area contributed by atoms with Crippen LogP contribution in [0.5, 0.6) is 0 Å². The average molecular weight is 367 g/mol. The van der Waals surface area contributed by atoms with Crippen molar-refractivity contribution >= 4 is 5.91 Å². The van der Waals surface area contributed by atoms with Crippen molar-refractivity contribution in [3.63, 3.8) is 0 Å². The lowest BCUT2D eigenvalue weighted by atomic mass is 10.0. The molecule has 0 bridgehead atoms. The maximum atomic E-state index is 13.1. The smallest absolute Gasteiger partial charge is 0.329 e. The van der Waals surface area contributed by atoms with Gasteiger partial charge in [-0.15, -0.1) is 0 Å². The van der Waals surface area contributed by atoms with Crippen LogP contribution in [0.1, 0.15) is 30.3 Å². The molecular formula is C16H16F3N5O2. The molecule has 4 heterocycles. The van der Waals surface area contributed by atoms with Crippen LogP contribution in [-0.4, -0.2) is 49.2 Å². The third kappa shape index (κ3) is 2.89. The Bertz CT molecular complexity index is 898. The van der Waals surface area contributed by atoms with Gasteiger partial charge in [0.2, 0.25) is 11.9 Å². The van der Waals surface area contributed by atoms with Crippen LogP contribution < -0.4 is 5.69 Å². The van der Waals surface area contributed by atoms with E-state index in [4.69, 9.17) is 0 Å². The van der Waals surface area contributed by atoms with Gasteiger partial charge < -0.3 is 4.90 Å². The van der Waals surface area contributed by atoms with Crippen molar-refractivity contribution in [1.29, 1.82) is 0 Å². The Morgan fingerprint density at radius 2 is 2.08 bits per heavy atom. The molecule has 1 saturated heterocycles. The Hall–Kier alpha value is -2.65. The number of hydrogen-bond acceptors (Lipinski definition) is 4. The van der Waals surface area contributed by atoms with Gasteiger partial charge in [0, 0.05) is 12.6 Å². The van der Waals surface area contributed by atoms with Crippen molar-refractivity contribution in [1.82, 2.24) is 24.2 Å². The molecule has 0 radical (unpaired) electrons. The minimum Gasteiger partial charge on any atom is -0.329 e. The summed E-state index contributed by atoms with van der Waals surface area (Å²) in [6.07, 6.45) is 2.90. The highest BCUT2D eigenvalue weighted by molar-refractivity contribution is 5.81. The van der Waals surface area contributed by atoms with E-state index >= 15 is 0 Å². The number of amides is 1. The normalized spacial score (nSPS) is 21.2. The molecule has 0 saturated carbocycles. The number of hydrogen-bond donors (Lipinski definition) is 0. The summed E-state index contributed by atoms with van der Waals surface area (Å²) in [6, 6.07) is 1.88. The van der Waals surface area contributed by atoms with Crippen LogP contribution in [0.15, 0.2) is 23.1 Å². The second kappa shape index (κ2) is 5.96. The molecule has 138 valence electrons. The van der Waals surface area contributed by atoms with Gasteiger partial charge in [-0.25, -0.2) is 23.2 Å². The fourth-order valence-electron chi connectivity index (χ4n) is 3.42. The highest BCUT2D eigenvalue weighted by Crippen LogP contribution is 2.31. The summed E-state index contributed by atoms with van der Waals surface area (Å²) in [4.78, 5) is 29.9. The summed E-state index contributed by atoms with van der Waals surface area (Å²) in [7, 11) is 0. The van der Waals surface area contributed by atoms with Gasteiger partial charge in [-0.05, 0) is 24.5 Å². The van der Waals surface area contributed by atoms with E-state index < -0.39 is 42.6 Å². The number of nitrogens with zero attached hydrogens (tertiary/aromatic N) is 5. The van der Waals surface area contributed by atoms with Crippen molar-refractivity contribution in [3.05, 3.63) is 46.1 Å². The van der Waals surface area contributed by atoms with E-state index in [-0.39, 0.29) is 6.54 Å². The number of carbonyl (C=O) groups is 1. The molecule has 4 rings (SSSR count). The number of pyridine rings is 1. The first-order chi connectivity index (χ1) is 12.3. The number of fused-ring (bicyclic) bond motifs is 1. The Labute approximate surface area is 146 Å². The minimum absolute atomic E-state index is 0.0921. The summed E-state index contributed by atoms with van der Waals surface area (Å²) in [5.41, 5.74) is 0.115. The second-order valence-electron chi connectivity index (χ2n) is 6.67. The lowest BCUT2D eigenvalue weighted by Crippen LogP contribution is -2.60. The molecule has 1 atom stereocenters. The van der Waals surface area contributed by atoms with Gasteiger partial charge in [0.25, 0.3) is 5.92 Å². The Morgan fingerprint density at radius 3 is 2.73 bits per heavy atom. The van der Waals surface area contributed by atoms with Gasteiger partial charge in [0.05, 0.1) is 19.6 Å². The Morgan fingerprint density at radius 1 is 1.31 bits per heavy atom. The van der Waals surface area contributed by atoms with E-state index in [9.17, 15) is 22.8 Å². The van der Waals surface area contributed by atoms with E-state index in [1.165, 1.54) is 27.6 Å². The van der Waals surface area contributed by atoms with E-state index in [0.29, 0.717) is 30.7 Å².